The summed E-state index contributed by atoms with van der Waals surface area (Å²) < 4.78 is 5.16. The summed E-state index contributed by atoms with van der Waals surface area (Å²) in [6.07, 6.45) is 0.774. The zero-order chi connectivity index (χ0) is 10.2. The minimum absolute atomic E-state index is 0.0161. The van der Waals surface area contributed by atoms with E-state index in [9.17, 15) is 4.79 Å². The normalized spacial score (nSPS) is 25.6. The molecule has 0 aromatic rings. The smallest absolute Gasteiger partial charge is 0.310 e. The van der Waals surface area contributed by atoms with Gasteiger partial charge in [0.25, 0.3) is 0 Å². The van der Waals surface area contributed by atoms with Gasteiger partial charge in [-0.05, 0) is 25.7 Å². The van der Waals surface area contributed by atoms with E-state index in [1.807, 2.05) is 27.7 Å². The first-order chi connectivity index (χ1) is 5.85. The first kappa shape index (κ1) is 10.3. The molecule has 2 nitrogen and oxygen atoms in total. The van der Waals surface area contributed by atoms with Gasteiger partial charge in [-0.2, -0.15) is 0 Å². The summed E-state index contributed by atoms with van der Waals surface area (Å²) in [5.41, 5.74) is 1.09. The van der Waals surface area contributed by atoms with E-state index in [1.54, 1.807) is 0 Å². The van der Waals surface area contributed by atoms with Crippen LogP contribution in [0.25, 0.3) is 0 Å². The van der Waals surface area contributed by atoms with E-state index in [1.165, 1.54) is 0 Å². The Morgan fingerprint density at radius 1 is 1.62 bits per heavy atom. The molecule has 0 bridgehead atoms. The Kier molecular flexibility index (Phi) is 2.51. The molecule has 1 saturated carbocycles. The van der Waals surface area contributed by atoms with Crippen LogP contribution in [0.1, 0.15) is 34.1 Å². The number of rotatable bonds is 2. The molecule has 1 atom stereocenters. The molecule has 2 heteroatoms. The minimum Gasteiger partial charge on any atom is -0.463 e. The molecule has 1 rings (SSSR count). The number of hydrogen-bond acceptors (Lipinski definition) is 2. The molecule has 1 unspecified atom stereocenters. The molecule has 0 saturated heterocycles. The van der Waals surface area contributed by atoms with Crippen LogP contribution in [0.3, 0.4) is 0 Å². The van der Waals surface area contributed by atoms with Crippen LogP contribution in [-0.2, 0) is 9.53 Å². The van der Waals surface area contributed by atoms with Crippen molar-refractivity contribution in [3.05, 3.63) is 12.2 Å². The van der Waals surface area contributed by atoms with Gasteiger partial charge in [0.2, 0.25) is 0 Å². The SMILES string of the molecule is C=C1CC(C(=O)OC(C)C)C1(C)C. The van der Waals surface area contributed by atoms with Crippen molar-refractivity contribution in [2.24, 2.45) is 11.3 Å². The van der Waals surface area contributed by atoms with Crippen molar-refractivity contribution in [2.75, 3.05) is 0 Å². The Labute approximate surface area is 80.0 Å². The zero-order valence-corrected chi connectivity index (χ0v) is 8.89. The van der Waals surface area contributed by atoms with Crippen LogP contribution in [0.4, 0.5) is 0 Å². The quantitative estimate of drug-likeness (QED) is 0.484. The van der Waals surface area contributed by atoms with Crippen LogP contribution in [0, 0.1) is 11.3 Å². The van der Waals surface area contributed by atoms with Crippen molar-refractivity contribution in [3.8, 4) is 0 Å². The summed E-state index contributed by atoms with van der Waals surface area (Å²) in [6.45, 7) is 11.8. The second-order valence-corrected chi connectivity index (χ2v) is 4.57. The van der Waals surface area contributed by atoms with Crippen molar-refractivity contribution in [3.63, 3.8) is 0 Å². The third kappa shape index (κ3) is 1.77. The fourth-order valence-corrected chi connectivity index (χ4v) is 1.57. The van der Waals surface area contributed by atoms with E-state index in [4.69, 9.17) is 4.74 Å². The van der Waals surface area contributed by atoms with E-state index in [0.29, 0.717) is 0 Å². The first-order valence-corrected chi connectivity index (χ1v) is 4.74. The van der Waals surface area contributed by atoms with Gasteiger partial charge in [-0.1, -0.05) is 26.0 Å². The molecule has 0 radical (unpaired) electrons. The predicted molar refractivity (Wildman–Crippen MR) is 52.3 cm³/mol. The number of carbonyl (C=O) groups excluding carboxylic acids is 1. The van der Waals surface area contributed by atoms with E-state index < -0.39 is 0 Å². The van der Waals surface area contributed by atoms with Gasteiger partial charge in [0.05, 0.1) is 12.0 Å². The van der Waals surface area contributed by atoms with Gasteiger partial charge in [0.1, 0.15) is 0 Å². The maximum atomic E-state index is 11.5. The molecule has 74 valence electrons. The highest BCUT2D eigenvalue weighted by Crippen LogP contribution is 2.50. The van der Waals surface area contributed by atoms with Gasteiger partial charge in [-0.25, -0.2) is 0 Å². The number of allylic oxidation sites excluding steroid dienone is 1. The van der Waals surface area contributed by atoms with Crippen LogP contribution < -0.4 is 0 Å². The Hall–Kier alpha value is -0.790. The second-order valence-electron chi connectivity index (χ2n) is 4.57. The zero-order valence-electron chi connectivity index (χ0n) is 8.89. The topological polar surface area (TPSA) is 26.3 Å². The monoisotopic (exact) mass is 182 g/mol. The molecular weight excluding hydrogens is 164 g/mol. The summed E-state index contributed by atoms with van der Waals surface area (Å²) in [4.78, 5) is 11.5. The molecule has 0 aromatic heterocycles. The van der Waals surface area contributed by atoms with Crippen LogP contribution in [0.5, 0.6) is 0 Å². The highest BCUT2D eigenvalue weighted by Gasteiger charge is 2.47. The van der Waals surface area contributed by atoms with Gasteiger partial charge < -0.3 is 4.74 Å². The average molecular weight is 182 g/mol. The van der Waals surface area contributed by atoms with Crippen LogP contribution in [-0.4, -0.2) is 12.1 Å². The molecule has 0 heterocycles. The number of carbonyl (C=O) groups is 1. The fraction of sp³-hybridized carbons (Fsp3) is 0.727. The molecule has 0 spiro atoms. The third-order valence-corrected chi connectivity index (χ3v) is 2.87. The molecule has 0 N–H and O–H groups in total. The Morgan fingerprint density at radius 3 is 2.46 bits per heavy atom. The lowest BCUT2D eigenvalue weighted by Crippen LogP contribution is -2.43. The lowest BCUT2D eigenvalue weighted by molar-refractivity contribution is -0.159. The largest absolute Gasteiger partial charge is 0.463 e. The Balaban J connectivity index is 2.56. The summed E-state index contributed by atoms with van der Waals surface area (Å²) in [5, 5.41) is 0. The van der Waals surface area contributed by atoms with Crippen LogP contribution in [0.15, 0.2) is 12.2 Å². The number of hydrogen-bond donors (Lipinski definition) is 0. The van der Waals surface area contributed by atoms with Gasteiger partial charge in [-0.3, -0.25) is 4.79 Å². The van der Waals surface area contributed by atoms with Crippen molar-refractivity contribution in [1.82, 2.24) is 0 Å². The summed E-state index contributed by atoms with van der Waals surface area (Å²) in [5.74, 6) is -0.0604. The molecule has 1 aliphatic carbocycles. The molecule has 1 aliphatic rings. The van der Waals surface area contributed by atoms with Crippen molar-refractivity contribution in [2.45, 2.75) is 40.2 Å². The molecule has 1 fully saturated rings. The molecule has 13 heavy (non-hydrogen) atoms. The van der Waals surface area contributed by atoms with E-state index in [2.05, 4.69) is 6.58 Å². The van der Waals surface area contributed by atoms with Crippen molar-refractivity contribution < 1.29 is 9.53 Å². The standard InChI is InChI=1S/C11H18O2/c1-7(2)13-10(12)9-6-8(3)11(9,4)5/h7,9H,3,6H2,1-2,4-5H3. The first-order valence-electron chi connectivity index (χ1n) is 4.74. The fourth-order valence-electron chi connectivity index (χ4n) is 1.57. The van der Waals surface area contributed by atoms with E-state index in [0.717, 1.165) is 12.0 Å². The Morgan fingerprint density at radius 2 is 2.15 bits per heavy atom. The summed E-state index contributed by atoms with van der Waals surface area (Å²) in [7, 11) is 0. The molecule has 0 aliphatic heterocycles. The van der Waals surface area contributed by atoms with Gasteiger partial charge >= 0.3 is 5.97 Å². The molecule has 0 aromatic carbocycles. The summed E-state index contributed by atoms with van der Waals surface area (Å²) >= 11 is 0. The predicted octanol–water partition coefficient (Wildman–Crippen LogP) is 2.54. The number of esters is 1. The van der Waals surface area contributed by atoms with Crippen LogP contribution >= 0.6 is 0 Å². The third-order valence-electron chi connectivity index (χ3n) is 2.87. The van der Waals surface area contributed by atoms with Crippen LogP contribution in [0.2, 0.25) is 0 Å². The molecular formula is C11H18O2. The maximum absolute atomic E-state index is 11.5. The number of ether oxygens (including phenoxy) is 1. The maximum Gasteiger partial charge on any atom is 0.310 e. The van der Waals surface area contributed by atoms with Gasteiger partial charge in [-0.15, -0.1) is 0 Å². The summed E-state index contributed by atoms with van der Waals surface area (Å²) in [6, 6.07) is 0. The van der Waals surface area contributed by atoms with Gasteiger partial charge in [0, 0.05) is 0 Å². The highest BCUT2D eigenvalue weighted by atomic mass is 16.5. The van der Waals surface area contributed by atoms with E-state index in [-0.39, 0.29) is 23.4 Å². The van der Waals surface area contributed by atoms with Crippen molar-refractivity contribution >= 4 is 5.97 Å². The van der Waals surface area contributed by atoms with Crippen molar-refractivity contribution in [1.29, 1.82) is 0 Å². The second kappa shape index (κ2) is 3.17. The lowest BCUT2D eigenvalue weighted by Gasteiger charge is -2.45. The average Bonchev–Trinajstić information content (AvgIpc) is 1.98. The van der Waals surface area contributed by atoms with E-state index >= 15 is 0 Å². The highest BCUT2D eigenvalue weighted by molar-refractivity contribution is 5.76. The Bertz CT molecular complexity index is 238. The minimum atomic E-state index is -0.0765. The van der Waals surface area contributed by atoms with Gasteiger partial charge in [0.15, 0.2) is 0 Å². The molecule has 0 amide bonds. The lowest BCUT2D eigenvalue weighted by atomic mass is 9.59.